The van der Waals surface area contributed by atoms with Crippen molar-refractivity contribution in [2.75, 3.05) is 13.1 Å². The number of rotatable bonds is 5. The monoisotopic (exact) mass is 326 g/mol. The third-order valence-electron chi connectivity index (χ3n) is 5.62. The number of likely N-dealkylation sites (tertiary alicyclic amines) is 1. The van der Waals surface area contributed by atoms with Crippen LogP contribution in [0.1, 0.15) is 49.2 Å². The van der Waals surface area contributed by atoms with Gasteiger partial charge in [0, 0.05) is 37.3 Å². The second-order valence-corrected chi connectivity index (χ2v) is 7.46. The molecule has 0 spiro atoms. The van der Waals surface area contributed by atoms with Crippen LogP contribution in [-0.2, 0) is 11.3 Å². The van der Waals surface area contributed by atoms with Crippen LogP contribution < -0.4 is 0 Å². The average molecular weight is 326 g/mol. The number of carbonyl (C=O) groups is 1. The Morgan fingerprint density at radius 3 is 2.83 bits per heavy atom. The number of H-pyrrole nitrogens is 1. The Balaban J connectivity index is 1.33. The van der Waals surface area contributed by atoms with Gasteiger partial charge in [0.1, 0.15) is 12.4 Å². The molecule has 0 bridgehead atoms. The highest BCUT2D eigenvalue weighted by Gasteiger charge is 2.45. The summed E-state index contributed by atoms with van der Waals surface area (Å²) < 4.78 is 1.70. The first-order valence-corrected chi connectivity index (χ1v) is 8.95. The Kier molecular flexibility index (Phi) is 3.21. The predicted molar refractivity (Wildman–Crippen MR) is 86.1 cm³/mol. The minimum Gasteiger partial charge on any atom is -0.340 e. The zero-order chi connectivity index (χ0) is 16.1. The summed E-state index contributed by atoms with van der Waals surface area (Å²) in [6, 6.07) is 1.85. The molecule has 1 aliphatic heterocycles. The van der Waals surface area contributed by atoms with Crippen molar-refractivity contribution in [3.63, 3.8) is 0 Å². The van der Waals surface area contributed by atoms with Crippen LogP contribution in [0.15, 0.2) is 18.5 Å². The van der Waals surface area contributed by atoms with E-state index in [0.717, 1.165) is 30.7 Å². The van der Waals surface area contributed by atoms with Crippen molar-refractivity contribution < 1.29 is 4.79 Å². The molecular formula is C17H22N6O. The molecule has 126 valence electrons. The van der Waals surface area contributed by atoms with Gasteiger partial charge in [-0.15, -0.1) is 0 Å². The summed E-state index contributed by atoms with van der Waals surface area (Å²) in [6.45, 7) is 1.91. The Labute approximate surface area is 140 Å². The summed E-state index contributed by atoms with van der Waals surface area (Å²) in [5, 5.41) is 11.7. The van der Waals surface area contributed by atoms with Gasteiger partial charge in [0.2, 0.25) is 5.91 Å². The van der Waals surface area contributed by atoms with Crippen LogP contribution in [0.4, 0.5) is 0 Å². The fourth-order valence-electron chi connectivity index (χ4n) is 3.93. The van der Waals surface area contributed by atoms with E-state index in [-0.39, 0.29) is 5.91 Å². The molecule has 2 atom stereocenters. The number of nitrogens with zero attached hydrogens (tertiary/aromatic N) is 5. The van der Waals surface area contributed by atoms with E-state index in [1.54, 1.807) is 10.9 Å². The maximum Gasteiger partial charge on any atom is 0.244 e. The molecule has 2 aromatic heterocycles. The first-order chi connectivity index (χ1) is 11.8. The van der Waals surface area contributed by atoms with E-state index in [2.05, 4.69) is 15.3 Å². The highest BCUT2D eigenvalue weighted by molar-refractivity contribution is 5.76. The molecule has 2 aliphatic carbocycles. The second-order valence-electron chi connectivity index (χ2n) is 7.46. The van der Waals surface area contributed by atoms with Gasteiger partial charge in [-0.2, -0.15) is 10.2 Å². The van der Waals surface area contributed by atoms with E-state index in [4.69, 9.17) is 4.98 Å². The summed E-state index contributed by atoms with van der Waals surface area (Å²) in [4.78, 5) is 19.4. The zero-order valence-electron chi connectivity index (χ0n) is 13.6. The Bertz CT molecular complexity index is 730. The molecule has 2 saturated carbocycles. The van der Waals surface area contributed by atoms with E-state index < -0.39 is 0 Å². The van der Waals surface area contributed by atoms with E-state index in [1.165, 1.54) is 25.7 Å². The molecule has 1 saturated heterocycles. The Morgan fingerprint density at radius 1 is 1.25 bits per heavy atom. The third kappa shape index (κ3) is 2.61. The number of nitrogens with one attached hydrogen (secondary N) is 1. The van der Waals surface area contributed by atoms with Crippen molar-refractivity contribution in [1.82, 2.24) is 29.9 Å². The number of hydrogen-bond acceptors (Lipinski definition) is 4. The minimum atomic E-state index is 0.147. The van der Waals surface area contributed by atoms with Crippen molar-refractivity contribution in [2.24, 2.45) is 11.8 Å². The van der Waals surface area contributed by atoms with Gasteiger partial charge in [-0.1, -0.05) is 0 Å². The molecule has 0 radical (unpaired) electrons. The smallest absolute Gasteiger partial charge is 0.244 e. The van der Waals surface area contributed by atoms with E-state index in [9.17, 15) is 4.79 Å². The lowest BCUT2D eigenvalue weighted by molar-refractivity contribution is -0.131. The summed E-state index contributed by atoms with van der Waals surface area (Å²) >= 11 is 0. The fraction of sp³-hybridized carbons (Fsp3) is 0.647. The maximum atomic E-state index is 12.6. The first-order valence-electron chi connectivity index (χ1n) is 8.95. The molecule has 3 aliphatic rings. The largest absolute Gasteiger partial charge is 0.340 e. The molecule has 0 aromatic carbocycles. The van der Waals surface area contributed by atoms with Crippen molar-refractivity contribution in [1.29, 1.82) is 0 Å². The number of hydrogen-bond donors (Lipinski definition) is 1. The third-order valence-corrected chi connectivity index (χ3v) is 5.62. The van der Waals surface area contributed by atoms with E-state index >= 15 is 0 Å². The molecule has 0 unspecified atom stereocenters. The van der Waals surface area contributed by atoms with Crippen LogP contribution in [0.5, 0.6) is 0 Å². The van der Waals surface area contributed by atoms with Gasteiger partial charge in [0.05, 0.1) is 0 Å². The standard InChI is InChI=1S/C17H22N6O/c24-15(10-23-7-1-6-18-23)22-8-13(11-2-3-11)14(9-22)17-19-16(20-21-17)12-4-5-12/h1,6-7,11-14H,2-5,8-10H2,(H,19,20,21)/t13-,14+/m1/s1. The van der Waals surface area contributed by atoms with Crippen LogP contribution in [-0.4, -0.2) is 48.9 Å². The molecule has 24 heavy (non-hydrogen) atoms. The molecule has 3 fully saturated rings. The molecule has 1 N–H and O–H groups in total. The summed E-state index contributed by atoms with van der Waals surface area (Å²) in [5.74, 6) is 4.24. The Morgan fingerprint density at radius 2 is 2.12 bits per heavy atom. The van der Waals surface area contributed by atoms with Crippen molar-refractivity contribution in [2.45, 2.75) is 44.1 Å². The lowest BCUT2D eigenvalue weighted by Gasteiger charge is -2.16. The number of aromatic nitrogens is 5. The molecule has 3 heterocycles. The van der Waals surface area contributed by atoms with Gasteiger partial charge in [-0.05, 0) is 43.6 Å². The molecule has 5 rings (SSSR count). The average Bonchev–Trinajstić information content (AvgIpc) is 3.46. The Hall–Kier alpha value is -2.18. The molecule has 7 heteroatoms. The van der Waals surface area contributed by atoms with Gasteiger partial charge in [0.25, 0.3) is 0 Å². The number of carbonyl (C=O) groups excluding carboxylic acids is 1. The lowest BCUT2D eigenvalue weighted by atomic mass is 9.91. The zero-order valence-corrected chi connectivity index (χ0v) is 13.6. The van der Waals surface area contributed by atoms with Gasteiger partial charge < -0.3 is 4.90 Å². The minimum absolute atomic E-state index is 0.147. The quantitative estimate of drug-likeness (QED) is 0.903. The van der Waals surface area contributed by atoms with Crippen molar-refractivity contribution >= 4 is 5.91 Å². The highest BCUT2D eigenvalue weighted by atomic mass is 16.2. The predicted octanol–water partition coefficient (Wildman–Crippen LogP) is 1.53. The SMILES string of the molecule is O=C(Cn1cccn1)N1C[C@H](c2nc(C3CC3)n[nH]2)[C@@H](C2CC2)C1. The van der Waals surface area contributed by atoms with Gasteiger partial charge in [0.15, 0.2) is 5.82 Å². The van der Waals surface area contributed by atoms with Crippen LogP contribution in [0.3, 0.4) is 0 Å². The van der Waals surface area contributed by atoms with Gasteiger partial charge in [-0.25, -0.2) is 4.98 Å². The first kappa shape index (κ1) is 14.2. The second kappa shape index (κ2) is 5.43. The van der Waals surface area contributed by atoms with Crippen molar-refractivity contribution in [3.05, 3.63) is 30.1 Å². The number of amides is 1. The van der Waals surface area contributed by atoms with Crippen LogP contribution >= 0.6 is 0 Å². The van der Waals surface area contributed by atoms with Crippen LogP contribution in [0.2, 0.25) is 0 Å². The lowest BCUT2D eigenvalue weighted by Crippen LogP contribution is -2.32. The van der Waals surface area contributed by atoms with E-state index in [1.807, 2.05) is 17.2 Å². The summed E-state index contributed by atoms with van der Waals surface area (Å²) in [7, 11) is 0. The number of aromatic amines is 1. The molecule has 2 aromatic rings. The van der Waals surface area contributed by atoms with E-state index in [0.29, 0.717) is 24.3 Å². The summed E-state index contributed by atoms with van der Waals surface area (Å²) in [6.07, 6.45) is 8.53. The van der Waals surface area contributed by atoms with Crippen molar-refractivity contribution in [3.8, 4) is 0 Å². The maximum absolute atomic E-state index is 12.6. The van der Waals surface area contributed by atoms with Gasteiger partial charge in [-0.3, -0.25) is 14.6 Å². The summed E-state index contributed by atoms with van der Waals surface area (Å²) in [5.41, 5.74) is 0. The molecule has 7 nitrogen and oxygen atoms in total. The van der Waals surface area contributed by atoms with Crippen LogP contribution in [0, 0.1) is 11.8 Å². The van der Waals surface area contributed by atoms with Crippen LogP contribution in [0.25, 0.3) is 0 Å². The molecular weight excluding hydrogens is 304 g/mol. The highest BCUT2D eigenvalue weighted by Crippen LogP contribution is 2.47. The van der Waals surface area contributed by atoms with Gasteiger partial charge >= 0.3 is 0 Å². The normalized spacial score (nSPS) is 26.9. The fourth-order valence-corrected chi connectivity index (χ4v) is 3.93. The topological polar surface area (TPSA) is 79.7 Å². The molecule has 1 amide bonds.